The van der Waals surface area contributed by atoms with Gasteiger partial charge in [-0.05, 0) is 48.2 Å². The monoisotopic (exact) mass is 355 g/mol. The van der Waals surface area contributed by atoms with E-state index in [2.05, 4.69) is 30.0 Å². The fourth-order valence-electron chi connectivity index (χ4n) is 2.22. The third-order valence-corrected chi connectivity index (χ3v) is 3.98. The minimum atomic E-state index is -0.266. The Hall–Kier alpha value is -1.33. The van der Waals surface area contributed by atoms with Crippen molar-refractivity contribution in [3.63, 3.8) is 0 Å². The summed E-state index contributed by atoms with van der Waals surface area (Å²) in [7, 11) is 0. The molecule has 1 rings (SSSR count). The van der Waals surface area contributed by atoms with Crippen LogP contribution < -0.4 is 16.2 Å². The average Bonchev–Trinajstić information content (AvgIpc) is 2.46. The molecule has 0 aromatic heterocycles. The minimum absolute atomic E-state index is 0.115. The van der Waals surface area contributed by atoms with Crippen molar-refractivity contribution >= 4 is 34.8 Å². The van der Waals surface area contributed by atoms with Gasteiger partial charge in [0.1, 0.15) is 0 Å². The van der Waals surface area contributed by atoms with E-state index in [1.807, 2.05) is 26.0 Å². The average molecular weight is 356 g/mol. The Morgan fingerprint density at radius 3 is 2.26 bits per heavy atom. The smallest absolute Gasteiger partial charge is 0.246 e. The van der Waals surface area contributed by atoms with Crippen LogP contribution >= 0.6 is 23.8 Å². The summed E-state index contributed by atoms with van der Waals surface area (Å²) in [4.78, 5) is 12.5. The number of nitrogens with one attached hydrogen (secondary N) is 3. The highest BCUT2D eigenvalue weighted by Crippen LogP contribution is 2.25. The van der Waals surface area contributed by atoms with E-state index in [4.69, 9.17) is 23.8 Å². The first-order chi connectivity index (χ1) is 10.8. The summed E-state index contributed by atoms with van der Waals surface area (Å²) in [5.41, 5.74) is 6.39. The van der Waals surface area contributed by atoms with Crippen molar-refractivity contribution in [2.45, 2.75) is 40.0 Å². The molecule has 0 fully saturated rings. The Morgan fingerprint density at radius 2 is 1.74 bits per heavy atom. The third-order valence-electron chi connectivity index (χ3n) is 3.48. The minimum Gasteiger partial charge on any atom is -0.361 e. The molecule has 1 aromatic carbocycles. The quantitative estimate of drug-likeness (QED) is 0.539. The van der Waals surface area contributed by atoms with Crippen LogP contribution in [-0.4, -0.2) is 17.6 Å². The Morgan fingerprint density at radius 1 is 1.13 bits per heavy atom. The highest BCUT2D eigenvalue weighted by atomic mass is 35.5. The van der Waals surface area contributed by atoms with E-state index in [0.29, 0.717) is 16.1 Å². The van der Waals surface area contributed by atoms with E-state index in [0.717, 1.165) is 18.5 Å². The molecule has 23 heavy (non-hydrogen) atoms. The number of thiocarbonyl (C=S) groups is 1. The molecule has 1 atom stereocenters. The SMILES string of the molecule is CC(C)CCNC(=S)NNC(=O)[C@@H](c1ccc(Cl)cc1)C(C)C. The predicted octanol–water partition coefficient (Wildman–Crippen LogP) is 3.62. The molecule has 0 aliphatic carbocycles. The van der Waals surface area contributed by atoms with Crippen molar-refractivity contribution in [2.75, 3.05) is 6.54 Å². The highest BCUT2D eigenvalue weighted by molar-refractivity contribution is 7.80. The van der Waals surface area contributed by atoms with E-state index in [9.17, 15) is 4.79 Å². The molecule has 0 aliphatic heterocycles. The van der Waals surface area contributed by atoms with Crippen LogP contribution in [0.3, 0.4) is 0 Å². The van der Waals surface area contributed by atoms with Crippen LogP contribution in [0.25, 0.3) is 0 Å². The lowest BCUT2D eigenvalue weighted by molar-refractivity contribution is -0.124. The van der Waals surface area contributed by atoms with Crippen molar-refractivity contribution in [3.05, 3.63) is 34.9 Å². The molecular formula is C17H26ClN3OS. The summed E-state index contributed by atoms with van der Waals surface area (Å²) in [5.74, 6) is 0.379. The molecule has 128 valence electrons. The van der Waals surface area contributed by atoms with E-state index >= 15 is 0 Å². The van der Waals surface area contributed by atoms with Crippen LogP contribution in [0.2, 0.25) is 5.02 Å². The van der Waals surface area contributed by atoms with Crippen molar-refractivity contribution < 1.29 is 4.79 Å². The number of hydrogen-bond acceptors (Lipinski definition) is 2. The van der Waals surface area contributed by atoms with Crippen LogP contribution in [0.5, 0.6) is 0 Å². The van der Waals surface area contributed by atoms with E-state index in [-0.39, 0.29) is 17.7 Å². The molecular weight excluding hydrogens is 330 g/mol. The molecule has 0 aliphatic rings. The van der Waals surface area contributed by atoms with Crippen LogP contribution in [0.4, 0.5) is 0 Å². The molecule has 4 nitrogen and oxygen atoms in total. The summed E-state index contributed by atoms with van der Waals surface area (Å²) >= 11 is 11.1. The summed E-state index contributed by atoms with van der Waals surface area (Å²) in [5, 5.41) is 4.16. The second-order valence-corrected chi connectivity index (χ2v) is 7.17. The number of carbonyl (C=O) groups excluding carboxylic acids is 1. The first-order valence-corrected chi connectivity index (χ1v) is 8.69. The predicted molar refractivity (Wildman–Crippen MR) is 100 cm³/mol. The van der Waals surface area contributed by atoms with Crippen molar-refractivity contribution in [1.29, 1.82) is 0 Å². The van der Waals surface area contributed by atoms with Gasteiger partial charge in [-0.25, -0.2) is 0 Å². The summed E-state index contributed by atoms with van der Waals surface area (Å²) in [6.07, 6.45) is 1.02. The van der Waals surface area contributed by atoms with Gasteiger partial charge in [-0.1, -0.05) is 51.4 Å². The first kappa shape index (κ1) is 19.7. The maximum atomic E-state index is 12.5. The second-order valence-electron chi connectivity index (χ2n) is 6.33. The van der Waals surface area contributed by atoms with E-state index in [1.54, 1.807) is 12.1 Å². The van der Waals surface area contributed by atoms with Crippen LogP contribution in [-0.2, 0) is 4.79 Å². The Balaban J connectivity index is 2.55. The van der Waals surface area contributed by atoms with E-state index in [1.165, 1.54) is 0 Å². The van der Waals surface area contributed by atoms with Gasteiger partial charge in [-0.3, -0.25) is 15.6 Å². The Labute approximate surface area is 149 Å². The lowest BCUT2D eigenvalue weighted by atomic mass is 9.88. The Kier molecular flexibility index (Phi) is 8.34. The number of amides is 1. The molecule has 0 heterocycles. The lowest BCUT2D eigenvalue weighted by Gasteiger charge is -2.21. The largest absolute Gasteiger partial charge is 0.361 e. The molecule has 1 amide bonds. The molecule has 0 bridgehead atoms. The zero-order chi connectivity index (χ0) is 17.4. The molecule has 0 unspecified atom stereocenters. The lowest BCUT2D eigenvalue weighted by Crippen LogP contribution is -2.49. The molecule has 0 spiro atoms. The van der Waals surface area contributed by atoms with Gasteiger partial charge in [0, 0.05) is 11.6 Å². The van der Waals surface area contributed by atoms with Crippen LogP contribution in [0.1, 0.15) is 45.6 Å². The number of rotatable bonds is 6. The van der Waals surface area contributed by atoms with Crippen molar-refractivity contribution in [3.8, 4) is 0 Å². The number of benzene rings is 1. The first-order valence-electron chi connectivity index (χ1n) is 7.90. The fraction of sp³-hybridized carbons (Fsp3) is 0.529. The summed E-state index contributed by atoms with van der Waals surface area (Å²) in [6, 6.07) is 7.35. The van der Waals surface area contributed by atoms with Gasteiger partial charge in [-0.2, -0.15) is 0 Å². The maximum Gasteiger partial charge on any atom is 0.246 e. The molecule has 0 radical (unpaired) electrons. The van der Waals surface area contributed by atoms with Gasteiger partial charge in [0.15, 0.2) is 5.11 Å². The van der Waals surface area contributed by atoms with Crippen molar-refractivity contribution in [2.24, 2.45) is 11.8 Å². The number of halogens is 1. The zero-order valence-corrected chi connectivity index (χ0v) is 15.7. The van der Waals surface area contributed by atoms with Gasteiger partial charge in [-0.15, -0.1) is 0 Å². The number of hydrogen-bond donors (Lipinski definition) is 3. The zero-order valence-electron chi connectivity index (χ0n) is 14.2. The van der Waals surface area contributed by atoms with Crippen LogP contribution in [0.15, 0.2) is 24.3 Å². The number of carbonyl (C=O) groups is 1. The normalized spacial score (nSPS) is 12.1. The standard InChI is InChI=1S/C17H26ClN3OS/c1-11(2)9-10-19-17(23)21-20-16(22)15(12(3)4)13-5-7-14(18)8-6-13/h5-8,11-12,15H,9-10H2,1-4H3,(H,20,22)(H2,19,21,23)/t15-/m1/s1. The molecule has 6 heteroatoms. The van der Waals surface area contributed by atoms with E-state index < -0.39 is 0 Å². The van der Waals surface area contributed by atoms with Gasteiger partial charge in [0.25, 0.3) is 0 Å². The van der Waals surface area contributed by atoms with Gasteiger partial charge in [0.2, 0.25) is 5.91 Å². The van der Waals surface area contributed by atoms with Crippen LogP contribution in [0, 0.1) is 11.8 Å². The molecule has 1 aromatic rings. The van der Waals surface area contributed by atoms with Gasteiger partial charge in [0.05, 0.1) is 5.92 Å². The van der Waals surface area contributed by atoms with Gasteiger partial charge < -0.3 is 5.32 Å². The third kappa shape index (κ3) is 7.18. The molecule has 0 saturated carbocycles. The summed E-state index contributed by atoms with van der Waals surface area (Å²) in [6.45, 7) is 9.11. The maximum absolute atomic E-state index is 12.5. The Bertz CT molecular complexity index is 517. The number of hydrazine groups is 1. The van der Waals surface area contributed by atoms with Gasteiger partial charge >= 0.3 is 0 Å². The fourth-order valence-corrected chi connectivity index (χ4v) is 2.50. The molecule has 0 saturated heterocycles. The highest BCUT2D eigenvalue weighted by Gasteiger charge is 2.24. The topological polar surface area (TPSA) is 53.2 Å². The van der Waals surface area contributed by atoms with Crippen molar-refractivity contribution in [1.82, 2.24) is 16.2 Å². The second kappa shape index (κ2) is 9.73. The summed E-state index contributed by atoms with van der Waals surface area (Å²) < 4.78 is 0. The molecule has 3 N–H and O–H groups in total.